The van der Waals surface area contributed by atoms with Crippen molar-refractivity contribution in [3.63, 3.8) is 0 Å². The molecule has 0 bridgehead atoms. The predicted octanol–water partition coefficient (Wildman–Crippen LogP) is 2.27. The van der Waals surface area contributed by atoms with Gasteiger partial charge in [-0.05, 0) is 12.1 Å². The largest absolute Gasteiger partial charge is 0.480 e. The third-order valence-electron chi connectivity index (χ3n) is 2.15. The first kappa shape index (κ1) is 14.2. The number of hydrogen-bond donors (Lipinski definition) is 1. The number of ether oxygens (including phenoxy) is 1. The smallest absolute Gasteiger partial charge is 0.433 e. The summed E-state index contributed by atoms with van der Waals surface area (Å²) in [5.74, 6) is -1.02. The summed E-state index contributed by atoms with van der Waals surface area (Å²) in [5.41, 5.74) is 3.40. The van der Waals surface area contributed by atoms with Crippen molar-refractivity contribution in [3.05, 3.63) is 17.8 Å². The van der Waals surface area contributed by atoms with Gasteiger partial charge in [0.2, 0.25) is 5.95 Å². The van der Waals surface area contributed by atoms with Crippen molar-refractivity contribution in [3.8, 4) is 5.75 Å². The zero-order valence-electron chi connectivity index (χ0n) is 9.46. The van der Waals surface area contributed by atoms with Crippen molar-refractivity contribution in [2.45, 2.75) is 12.4 Å². The zero-order valence-corrected chi connectivity index (χ0v) is 9.46. The Labute approximate surface area is 106 Å². The molecular weight excluding hydrogens is 294 g/mol. The molecule has 2 heterocycles. The van der Waals surface area contributed by atoms with Crippen LogP contribution in [0.3, 0.4) is 0 Å². The lowest BCUT2D eigenvalue weighted by atomic mass is 10.3. The average Bonchev–Trinajstić information content (AvgIpc) is 2.64. The van der Waals surface area contributed by atoms with Gasteiger partial charge in [0.15, 0.2) is 18.0 Å². The van der Waals surface area contributed by atoms with E-state index in [-0.39, 0.29) is 0 Å². The van der Waals surface area contributed by atoms with Crippen molar-refractivity contribution < 1.29 is 31.1 Å². The molecule has 20 heavy (non-hydrogen) atoms. The van der Waals surface area contributed by atoms with E-state index in [9.17, 15) is 26.3 Å². The molecule has 0 fully saturated rings. The van der Waals surface area contributed by atoms with E-state index >= 15 is 0 Å². The van der Waals surface area contributed by atoms with Crippen LogP contribution in [0.15, 0.2) is 12.1 Å². The number of nitrogens with zero attached hydrogens (tertiary/aromatic N) is 3. The summed E-state index contributed by atoms with van der Waals surface area (Å²) in [5, 5.41) is 3.29. The van der Waals surface area contributed by atoms with Gasteiger partial charge in [0.1, 0.15) is 5.69 Å². The number of fused-ring (bicyclic) bond motifs is 1. The molecule has 0 radical (unpaired) electrons. The molecule has 2 rings (SSSR count). The molecule has 11 heteroatoms. The number of pyridine rings is 1. The van der Waals surface area contributed by atoms with Crippen LogP contribution in [0.1, 0.15) is 5.69 Å². The van der Waals surface area contributed by atoms with Gasteiger partial charge in [0, 0.05) is 0 Å². The fourth-order valence-electron chi connectivity index (χ4n) is 1.44. The van der Waals surface area contributed by atoms with E-state index in [1.807, 2.05) is 0 Å². The number of anilines is 1. The Kier molecular flexibility index (Phi) is 3.14. The lowest BCUT2D eigenvalue weighted by molar-refractivity contribution is -0.153. The predicted molar refractivity (Wildman–Crippen MR) is 54.0 cm³/mol. The molecule has 0 saturated carbocycles. The Morgan fingerprint density at radius 3 is 2.35 bits per heavy atom. The molecule has 5 nitrogen and oxygen atoms in total. The van der Waals surface area contributed by atoms with Crippen LogP contribution in [0, 0.1) is 0 Å². The van der Waals surface area contributed by atoms with Crippen LogP contribution in [-0.2, 0) is 6.18 Å². The number of alkyl halides is 6. The highest BCUT2D eigenvalue weighted by atomic mass is 19.4. The standard InChI is InChI=1S/C9H6F6N4O/c10-8(11,12)3-20-4-1-2-5(9(13,14)15)19-6(4)17-7(16)18-19/h1-2H,3H2,(H2,16,18). The number of nitrogen functional groups attached to an aromatic ring is 1. The normalized spacial score (nSPS) is 12.9. The van der Waals surface area contributed by atoms with Gasteiger partial charge < -0.3 is 10.5 Å². The summed E-state index contributed by atoms with van der Waals surface area (Å²) in [6.45, 7) is -1.67. The van der Waals surface area contributed by atoms with Crippen molar-refractivity contribution in [2.24, 2.45) is 0 Å². The molecule has 110 valence electrons. The van der Waals surface area contributed by atoms with Crippen LogP contribution in [0.2, 0.25) is 0 Å². The van der Waals surface area contributed by atoms with E-state index in [4.69, 9.17) is 5.73 Å². The van der Waals surface area contributed by atoms with Crippen molar-refractivity contribution >= 4 is 11.6 Å². The Morgan fingerprint density at radius 1 is 1.15 bits per heavy atom. The van der Waals surface area contributed by atoms with Gasteiger partial charge in [-0.25, -0.2) is 4.52 Å². The number of aromatic nitrogens is 3. The SMILES string of the molecule is Nc1nc2c(OCC(F)(F)F)ccc(C(F)(F)F)n2n1. The van der Waals surface area contributed by atoms with Crippen molar-refractivity contribution in [2.75, 3.05) is 12.3 Å². The number of nitrogens with two attached hydrogens (primary N) is 1. The fraction of sp³-hybridized carbons (Fsp3) is 0.333. The molecule has 0 atom stereocenters. The molecule has 0 amide bonds. The first-order valence-electron chi connectivity index (χ1n) is 5.00. The molecule has 2 N–H and O–H groups in total. The summed E-state index contributed by atoms with van der Waals surface area (Å²) < 4.78 is 78.9. The van der Waals surface area contributed by atoms with Gasteiger partial charge in [0.05, 0.1) is 0 Å². The maximum atomic E-state index is 12.7. The molecule has 2 aromatic heterocycles. The molecule has 0 aromatic carbocycles. The van der Waals surface area contributed by atoms with Crippen LogP contribution >= 0.6 is 0 Å². The minimum atomic E-state index is -4.76. The van der Waals surface area contributed by atoms with Crippen LogP contribution in [0.5, 0.6) is 5.75 Å². The highest BCUT2D eigenvalue weighted by Gasteiger charge is 2.35. The maximum Gasteiger partial charge on any atom is 0.433 e. The van der Waals surface area contributed by atoms with E-state index in [2.05, 4.69) is 14.8 Å². The molecule has 0 saturated heterocycles. The minimum absolute atomic E-state index is 0.293. The second-order valence-corrected chi connectivity index (χ2v) is 3.69. The first-order chi connectivity index (χ1) is 9.08. The van der Waals surface area contributed by atoms with Crippen LogP contribution in [0.25, 0.3) is 5.65 Å². The molecule has 2 aromatic rings. The number of hydrogen-bond acceptors (Lipinski definition) is 4. The van der Waals surface area contributed by atoms with Gasteiger partial charge in [0.25, 0.3) is 0 Å². The molecule has 0 aliphatic heterocycles. The Hall–Kier alpha value is -2.20. The van der Waals surface area contributed by atoms with E-state index in [0.29, 0.717) is 10.6 Å². The van der Waals surface area contributed by atoms with Crippen molar-refractivity contribution in [1.82, 2.24) is 14.6 Å². The van der Waals surface area contributed by atoms with E-state index < -0.39 is 42.0 Å². The van der Waals surface area contributed by atoms with Crippen LogP contribution in [-0.4, -0.2) is 27.4 Å². The quantitative estimate of drug-likeness (QED) is 0.864. The van der Waals surface area contributed by atoms with Gasteiger partial charge >= 0.3 is 12.4 Å². The number of rotatable bonds is 2. The van der Waals surface area contributed by atoms with Crippen LogP contribution in [0.4, 0.5) is 32.3 Å². The summed E-state index contributed by atoms with van der Waals surface area (Å²) in [7, 11) is 0. The van der Waals surface area contributed by atoms with Crippen molar-refractivity contribution in [1.29, 1.82) is 0 Å². The number of halogens is 6. The van der Waals surface area contributed by atoms with E-state index in [0.717, 1.165) is 6.07 Å². The lowest BCUT2D eigenvalue weighted by Crippen LogP contribution is -2.20. The molecular formula is C9H6F6N4O. The second kappa shape index (κ2) is 4.42. The lowest BCUT2D eigenvalue weighted by Gasteiger charge is -2.12. The molecule has 0 aliphatic rings. The average molecular weight is 300 g/mol. The highest BCUT2D eigenvalue weighted by molar-refractivity contribution is 5.56. The molecule has 0 aliphatic carbocycles. The third-order valence-corrected chi connectivity index (χ3v) is 2.15. The second-order valence-electron chi connectivity index (χ2n) is 3.69. The van der Waals surface area contributed by atoms with Gasteiger partial charge in [-0.3, -0.25) is 0 Å². The Bertz CT molecular complexity index is 632. The maximum absolute atomic E-state index is 12.7. The molecule has 0 unspecified atom stereocenters. The fourth-order valence-corrected chi connectivity index (χ4v) is 1.44. The summed E-state index contributed by atoms with van der Waals surface area (Å²) in [4.78, 5) is 3.43. The topological polar surface area (TPSA) is 65.4 Å². The zero-order chi connectivity index (χ0) is 15.1. The monoisotopic (exact) mass is 300 g/mol. The summed E-state index contributed by atoms with van der Waals surface area (Å²) >= 11 is 0. The highest BCUT2D eigenvalue weighted by Crippen LogP contribution is 2.32. The third kappa shape index (κ3) is 2.86. The first-order valence-corrected chi connectivity index (χ1v) is 5.00. The molecule has 0 spiro atoms. The minimum Gasteiger partial charge on any atom is -0.480 e. The van der Waals surface area contributed by atoms with Gasteiger partial charge in [-0.15, -0.1) is 5.10 Å². The van der Waals surface area contributed by atoms with E-state index in [1.54, 1.807) is 0 Å². The van der Waals surface area contributed by atoms with E-state index in [1.165, 1.54) is 0 Å². The summed E-state index contributed by atoms with van der Waals surface area (Å²) in [6, 6.07) is 1.27. The van der Waals surface area contributed by atoms with Gasteiger partial charge in [-0.1, -0.05) is 0 Å². The van der Waals surface area contributed by atoms with Gasteiger partial charge in [-0.2, -0.15) is 31.3 Å². The van der Waals surface area contributed by atoms with Crippen LogP contribution < -0.4 is 10.5 Å². The summed E-state index contributed by atoms with van der Waals surface area (Å²) in [6.07, 6.45) is -9.40. The Morgan fingerprint density at radius 2 is 1.80 bits per heavy atom. The Balaban J connectivity index is 2.49.